The summed E-state index contributed by atoms with van der Waals surface area (Å²) in [5.74, 6) is -0.496. The minimum Gasteiger partial charge on any atom is -0.504 e. The van der Waals surface area contributed by atoms with Crippen LogP contribution in [-0.4, -0.2) is 50.2 Å². The van der Waals surface area contributed by atoms with E-state index in [0.717, 1.165) is 0 Å². The SMILES string of the molecule is COc1cc(CC(C)=O)c(-c2c(CC(C)=O)cc(OC)c(OC)c2O)c(O)c1OC. The molecule has 0 aliphatic carbocycles. The van der Waals surface area contributed by atoms with E-state index in [4.69, 9.17) is 18.9 Å². The van der Waals surface area contributed by atoms with Crippen LogP contribution in [0.2, 0.25) is 0 Å². The maximum absolute atomic E-state index is 11.9. The van der Waals surface area contributed by atoms with E-state index in [2.05, 4.69) is 0 Å². The summed E-state index contributed by atoms with van der Waals surface area (Å²) in [6, 6.07) is 3.12. The van der Waals surface area contributed by atoms with Crippen LogP contribution in [0.25, 0.3) is 11.1 Å². The fourth-order valence-corrected chi connectivity index (χ4v) is 3.43. The Morgan fingerprint density at radius 2 is 1.03 bits per heavy atom. The van der Waals surface area contributed by atoms with Gasteiger partial charge in [-0.3, -0.25) is 9.59 Å². The summed E-state index contributed by atoms with van der Waals surface area (Å²) < 4.78 is 21.1. The van der Waals surface area contributed by atoms with Gasteiger partial charge in [-0.1, -0.05) is 0 Å². The Morgan fingerprint density at radius 3 is 1.27 bits per heavy atom. The molecule has 2 N–H and O–H groups in total. The summed E-state index contributed by atoms with van der Waals surface area (Å²) in [4.78, 5) is 23.8. The van der Waals surface area contributed by atoms with Gasteiger partial charge in [0.1, 0.15) is 11.6 Å². The Balaban J connectivity index is 3.03. The number of phenols is 2. The largest absolute Gasteiger partial charge is 0.504 e. The third-order valence-corrected chi connectivity index (χ3v) is 4.58. The zero-order valence-electron chi connectivity index (χ0n) is 17.9. The molecule has 162 valence electrons. The molecule has 0 spiro atoms. The first-order valence-electron chi connectivity index (χ1n) is 9.12. The minimum absolute atomic E-state index is 0.0303. The first-order valence-corrected chi connectivity index (χ1v) is 9.12. The maximum Gasteiger partial charge on any atom is 0.203 e. The van der Waals surface area contributed by atoms with Gasteiger partial charge < -0.3 is 29.2 Å². The molecule has 0 aromatic heterocycles. The van der Waals surface area contributed by atoms with Crippen molar-refractivity contribution in [1.82, 2.24) is 0 Å². The van der Waals surface area contributed by atoms with Crippen LogP contribution in [0.15, 0.2) is 12.1 Å². The summed E-state index contributed by atoms with van der Waals surface area (Å²) in [7, 11) is 5.53. The molecule has 8 nitrogen and oxygen atoms in total. The van der Waals surface area contributed by atoms with Gasteiger partial charge in [0.2, 0.25) is 11.5 Å². The lowest BCUT2D eigenvalue weighted by Crippen LogP contribution is -2.06. The average Bonchev–Trinajstić information content (AvgIpc) is 2.68. The molecule has 8 heteroatoms. The second kappa shape index (κ2) is 9.39. The standard InChI is InChI=1S/C22H26O8/c1-11(23)7-13-9-15(27-3)21(29-5)19(25)17(13)18-14(8-12(2)24)10-16(28-4)22(30-6)20(18)26/h9-10,25-26H,7-8H2,1-6H3. The molecule has 0 bridgehead atoms. The van der Waals surface area contributed by atoms with Crippen LogP contribution < -0.4 is 18.9 Å². The van der Waals surface area contributed by atoms with Crippen LogP contribution in [0.4, 0.5) is 0 Å². The molecule has 0 aliphatic rings. The highest BCUT2D eigenvalue weighted by atomic mass is 16.5. The molecule has 0 radical (unpaired) electrons. The fourth-order valence-electron chi connectivity index (χ4n) is 3.43. The number of ether oxygens (including phenoxy) is 4. The summed E-state index contributed by atoms with van der Waals surface area (Å²) in [5, 5.41) is 22.1. The molecular formula is C22H26O8. The lowest BCUT2D eigenvalue weighted by molar-refractivity contribution is -0.117. The monoisotopic (exact) mass is 418 g/mol. The summed E-state index contributed by atoms with van der Waals surface area (Å²) in [5.41, 5.74) is 1.09. The molecule has 0 saturated heterocycles. The van der Waals surface area contributed by atoms with E-state index in [1.54, 1.807) is 12.1 Å². The molecule has 0 heterocycles. The van der Waals surface area contributed by atoms with Crippen LogP contribution in [-0.2, 0) is 22.4 Å². The quantitative estimate of drug-likeness (QED) is 0.639. The number of carbonyl (C=O) groups excluding carboxylic acids is 2. The van der Waals surface area contributed by atoms with Crippen LogP contribution >= 0.6 is 0 Å². The number of hydrogen-bond acceptors (Lipinski definition) is 8. The molecule has 0 aliphatic heterocycles. The molecule has 0 unspecified atom stereocenters. The molecule has 30 heavy (non-hydrogen) atoms. The van der Waals surface area contributed by atoms with Crippen molar-refractivity contribution in [2.45, 2.75) is 26.7 Å². The lowest BCUT2D eigenvalue weighted by Gasteiger charge is -2.22. The molecule has 2 aromatic rings. The zero-order valence-corrected chi connectivity index (χ0v) is 17.9. The number of benzene rings is 2. The molecule has 2 aromatic carbocycles. The second-order valence-electron chi connectivity index (χ2n) is 6.75. The van der Waals surface area contributed by atoms with Crippen LogP contribution in [0.3, 0.4) is 0 Å². The second-order valence-corrected chi connectivity index (χ2v) is 6.75. The van der Waals surface area contributed by atoms with Crippen molar-refractivity contribution in [3.63, 3.8) is 0 Å². The van der Waals surface area contributed by atoms with Crippen molar-refractivity contribution < 1.29 is 38.7 Å². The first kappa shape index (κ1) is 22.9. The summed E-state index contributed by atoms with van der Waals surface area (Å²) >= 11 is 0. The Morgan fingerprint density at radius 1 is 0.700 bits per heavy atom. The van der Waals surface area contributed by atoms with E-state index < -0.39 is 0 Å². The molecular weight excluding hydrogens is 392 g/mol. The number of aromatic hydroxyl groups is 2. The zero-order chi connectivity index (χ0) is 22.6. The fraction of sp³-hybridized carbons (Fsp3) is 0.364. The highest BCUT2D eigenvalue weighted by molar-refractivity contribution is 5.92. The number of methoxy groups -OCH3 is 4. The van der Waals surface area contributed by atoms with E-state index in [0.29, 0.717) is 11.1 Å². The molecule has 2 rings (SSSR count). The Kier molecular flexibility index (Phi) is 7.15. The van der Waals surface area contributed by atoms with Crippen LogP contribution in [0, 0.1) is 0 Å². The van der Waals surface area contributed by atoms with E-state index in [1.807, 2.05) is 0 Å². The molecule has 0 saturated carbocycles. The Hall–Kier alpha value is -3.42. The van der Waals surface area contributed by atoms with Crippen molar-refractivity contribution in [3.8, 4) is 45.6 Å². The molecule has 0 atom stereocenters. The van der Waals surface area contributed by atoms with Crippen molar-refractivity contribution in [1.29, 1.82) is 0 Å². The van der Waals surface area contributed by atoms with E-state index in [1.165, 1.54) is 42.3 Å². The number of hydrogen-bond donors (Lipinski definition) is 2. The van der Waals surface area contributed by atoms with Gasteiger partial charge in [0.15, 0.2) is 23.0 Å². The first-order chi connectivity index (χ1) is 14.2. The third-order valence-electron chi connectivity index (χ3n) is 4.58. The van der Waals surface area contributed by atoms with E-state index in [9.17, 15) is 19.8 Å². The van der Waals surface area contributed by atoms with Crippen LogP contribution in [0.1, 0.15) is 25.0 Å². The highest BCUT2D eigenvalue weighted by Gasteiger charge is 2.28. The summed E-state index contributed by atoms with van der Waals surface area (Å²) in [6.45, 7) is 2.81. The molecule has 0 fully saturated rings. The van der Waals surface area contributed by atoms with Gasteiger partial charge in [-0.15, -0.1) is 0 Å². The minimum atomic E-state index is -0.333. The molecule has 0 amide bonds. The van der Waals surface area contributed by atoms with Crippen molar-refractivity contribution in [3.05, 3.63) is 23.3 Å². The van der Waals surface area contributed by atoms with Crippen molar-refractivity contribution in [2.75, 3.05) is 28.4 Å². The van der Waals surface area contributed by atoms with Gasteiger partial charge >= 0.3 is 0 Å². The number of carbonyl (C=O) groups is 2. The van der Waals surface area contributed by atoms with Gasteiger partial charge in [0, 0.05) is 24.0 Å². The predicted molar refractivity (Wildman–Crippen MR) is 110 cm³/mol. The number of phenolic OH excluding ortho intramolecular Hbond substituents is 2. The number of Topliss-reactive ketones (excluding diaryl/α,β-unsaturated/α-hetero) is 2. The van der Waals surface area contributed by atoms with Gasteiger partial charge in [-0.25, -0.2) is 0 Å². The highest BCUT2D eigenvalue weighted by Crippen LogP contribution is 2.53. The predicted octanol–water partition coefficient (Wildman–Crippen LogP) is 3.06. The summed E-state index contributed by atoms with van der Waals surface area (Å²) in [6.07, 6.45) is -0.0902. The Labute approximate surface area is 175 Å². The number of rotatable bonds is 9. The van der Waals surface area contributed by atoms with E-state index in [-0.39, 0.29) is 70.0 Å². The van der Waals surface area contributed by atoms with Gasteiger partial charge in [0.05, 0.1) is 28.4 Å². The number of ketones is 2. The average molecular weight is 418 g/mol. The normalized spacial score (nSPS) is 10.5. The lowest BCUT2D eigenvalue weighted by atomic mass is 9.88. The van der Waals surface area contributed by atoms with Gasteiger partial charge in [-0.2, -0.15) is 0 Å². The maximum atomic E-state index is 11.9. The smallest absolute Gasteiger partial charge is 0.203 e. The third kappa shape index (κ3) is 4.27. The van der Waals surface area contributed by atoms with Gasteiger partial charge in [0.25, 0.3) is 0 Å². The van der Waals surface area contributed by atoms with Crippen LogP contribution in [0.5, 0.6) is 34.5 Å². The topological polar surface area (TPSA) is 112 Å². The Bertz CT molecular complexity index is 899. The van der Waals surface area contributed by atoms with Gasteiger partial charge in [-0.05, 0) is 37.1 Å². The van der Waals surface area contributed by atoms with Crippen molar-refractivity contribution in [2.24, 2.45) is 0 Å². The van der Waals surface area contributed by atoms with Crippen molar-refractivity contribution >= 4 is 11.6 Å². The van der Waals surface area contributed by atoms with E-state index >= 15 is 0 Å².